The van der Waals surface area contributed by atoms with Crippen LogP contribution in [0.3, 0.4) is 0 Å². The fourth-order valence-corrected chi connectivity index (χ4v) is 1.52. The van der Waals surface area contributed by atoms with Crippen molar-refractivity contribution in [2.45, 2.75) is 53.4 Å². The molecule has 2 nitrogen and oxygen atoms in total. The van der Waals surface area contributed by atoms with Crippen LogP contribution in [0.25, 0.3) is 0 Å². The van der Waals surface area contributed by atoms with E-state index >= 15 is 0 Å². The second-order valence-electron chi connectivity index (χ2n) is 5.11. The molecule has 86 valence electrons. The van der Waals surface area contributed by atoms with Gasteiger partial charge < -0.3 is 0 Å². The Morgan fingerprint density at radius 3 is 1.50 bits per heavy atom. The predicted octanol–water partition coefficient (Wildman–Crippen LogP) is 3.03. The fraction of sp³-hybridized carbons (Fsp3) is 1.00. The molecule has 2 N–H and O–H groups in total. The highest BCUT2D eigenvalue weighted by Gasteiger charge is 2.01. The Balaban J connectivity index is 3.23. The molecule has 0 rings (SSSR count). The Hall–Kier alpha value is -0.0800. The van der Waals surface area contributed by atoms with Crippen LogP contribution in [0.4, 0.5) is 0 Å². The predicted molar refractivity (Wildman–Crippen MR) is 63.9 cm³/mol. The average Bonchev–Trinajstić information content (AvgIpc) is 2.02. The summed E-state index contributed by atoms with van der Waals surface area (Å²) < 4.78 is 0. The van der Waals surface area contributed by atoms with Crippen molar-refractivity contribution in [3.8, 4) is 0 Å². The Labute approximate surface area is 89.8 Å². The molecule has 0 bridgehead atoms. The molecule has 0 amide bonds. The number of rotatable bonds is 8. The Kier molecular flexibility index (Phi) is 8.20. The first-order chi connectivity index (χ1) is 6.52. The second-order valence-corrected chi connectivity index (χ2v) is 5.11. The van der Waals surface area contributed by atoms with Gasteiger partial charge in [-0.15, -0.1) is 0 Å². The van der Waals surface area contributed by atoms with Gasteiger partial charge in [-0.1, -0.05) is 27.7 Å². The number of hydrazine groups is 1. The van der Waals surface area contributed by atoms with E-state index < -0.39 is 0 Å². The maximum absolute atomic E-state index is 5.88. The molecule has 0 unspecified atom stereocenters. The van der Waals surface area contributed by atoms with Crippen molar-refractivity contribution in [3.63, 3.8) is 0 Å². The van der Waals surface area contributed by atoms with Crippen molar-refractivity contribution in [2.24, 2.45) is 17.7 Å². The Morgan fingerprint density at radius 2 is 1.21 bits per heavy atom. The molecular weight excluding hydrogens is 172 g/mol. The normalized spacial score (nSPS) is 12.0. The number of hydrogen-bond donors (Lipinski definition) is 1. The van der Waals surface area contributed by atoms with Crippen molar-refractivity contribution in [1.29, 1.82) is 0 Å². The molecule has 2 heteroatoms. The topological polar surface area (TPSA) is 29.3 Å². The van der Waals surface area contributed by atoms with E-state index in [0.717, 1.165) is 24.9 Å². The summed E-state index contributed by atoms with van der Waals surface area (Å²) in [6.07, 6.45) is 5.04. The van der Waals surface area contributed by atoms with Crippen LogP contribution < -0.4 is 5.84 Å². The maximum Gasteiger partial charge on any atom is 0.0128 e. The summed E-state index contributed by atoms with van der Waals surface area (Å²) in [5, 5.41) is 1.98. The minimum absolute atomic E-state index is 0.805. The first-order valence-electron chi connectivity index (χ1n) is 6.02. The largest absolute Gasteiger partial charge is 0.269 e. The first kappa shape index (κ1) is 13.9. The highest BCUT2D eigenvalue weighted by molar-refractivity contribution is 4.54. The van der Waals surface area contributed by atoms with E-state index in [1.807, 2.05) is 5.01 Å². The first-order valence-corrected chi connectivity index (χ1v) is 6.02. The van der Waals surface area contributed by atoms with Gasteiger partial charge >= 0.3 is 0 Å². The van der Waals surface area contributed by atoms with Crippen LogP contribution in [0.2, 0.25) is 0 Å². The number of nitrogens with zero attached hydrogens (tertiary/aromatic N) is 1. The van der Waals surface area contributed by atoms with E-state index in [1.54, 1.807) is 0 Å². The van der Waals surface area contributed by atoms with Gasteiger partial charge in [-0.3, -0.25) is 5.84 Å². The van der Waals surface area contributed by atoms with E-state index in [9.17, 15) is 0 Å². The van der Waals surface area contributed by atoms with Crippen LogP contribution in [0, 0.1) is 11.8 Å². The second kappa shape index (κ2) is 8.25. The van der Waals surface area contributed by atoms with Gasteiger partial charge in [-0.2, -0.15) is 0 Å². The maximum atomic E-state index is 5.88. The monoisotopic (exact) mass is 200 g/mol. The van der Waals surface area contributed by atoms with Gasteiger partial charge in [-0.25, -0.2) is 5.01 Å². The van der Waals surface area contributed by atoms with Crippen LogP contribution in [-0.2, 0) is 0 Å². The molecule has 0 aromatic rings. The summed E-state index contributed by atoms with van der Waals surface area (Å²) in [6.45, 7) is 11.2. The quantitative estimate of drug-likeness (QED) is 0.482. The van der Waals surface area contributed by atoms with E-state index in [4.69, 9.17) is 5.84 Å². The van der Waals surface area contributed by atoms with Crippen molar-refractivity contribution >= 4 is 0 Å². The van der Waals surface area contributed by atoms with Crippen LogP contribution >= 0.6 is 0 Å². The Morgan fingerprint density at radius 1 is 0.857 bits per heavy atom. The van der Waals surface area contributed by atoms with Crippen LogP contribution in [0.5, 0.6) is 0 Å². The van der Waals surface area contributed by atoms with E-state index in [2.05, 4.69) is 27.7 Å². The van der Waals surface area contributed by atoms with Gasteiger partial charge in [0.05, 0.1) is 0 Å². The van der Waals surface area contributed by atoms with Gasteiger partial charge in [0.1, 0.15) is 0 Å². The molecule has 0 saturated heterocycles. The molecule has 14 heavy (non-hydrogen) atoms. The summed E-state index contributed by atoms with van der Waals surface area (Å²) in [6, 6.07) is 0. The highest BCUT2D eigenvalue weighted by atomic mass is 15.4. The third kappa shape index (κ3) is 10.0. The SMILES string of the molecule is CC(C)CCCN(N)CCCC(C)C. The van der Waals surface area contributed by atoms with Crippen LogP contribution in [-0.4, -0.2) is 18.1 Å². The summed E-state index contributed by atoms with van der Waals surface area (Å²) in [7, 11) is 0. The third-order valence-corrected chi connectivity index (χ3v) is 2.45. The molecule has 0 saturated carbocycles. The van der Waals surface area contributed by atoms with Gasteiger partial charge in [0.2, 0.25) is 0 Å². The van der Waals surface area contributed by atoms with Crippen LogP contribution in [0.1, 0.15) is 53.4 Å². The molecule has 0 aliphatic carbocycles. The van der Waals surface area contributed by atoms with E-state index in [1.165, 1.54) is 25.7 Å². The van der Waals surface area contributed by atoms with Crippen molar-refractivity contribution < 1.29 is 0 Å². The zero-order valence-corrected chi connectivity index (χ0v) is 10.4. The molecule has 0 radical (unpaired) electrons. The minimum atomic E-state index is 0.805. The molecule has 0 fully saturated rings. The Bertz CT molecular complexity index is 107. The lowest BCUT2D eigenvalue weighted by atomic mass is 10.1. The molecular formula is C12H28N2. The summed E-state index contributed by atoms with van der Waals surface area (Å²) in [4.78, 5) is 0. The van der Waals surface area contributed by atoms with Gasteiger partial charge in [0.25, 0.3) is 0 Å². The van der Waals surface area contributed by atoms with Gasteiger partial charge in [0.15, 0.2) is 0 Å². The van der Waals surface area contributed by atoms with Crippen molar-refractivity contribution in [2.75, 3.05) is 13.1 Å². The molecule has 0 aromatic carbocycles. The minimum Gasteiger partial charge on any atom is -0.269 e. The smallest absolute Gasteiger partial charge is 0.0128 e. The lowest BCUT2D eigenvalue weighted by Gasteiger charge is -2.17. The van der Waals surface area contributed by atoms with Crippen LogP contribution in [0.15, 0.2) is 0 Å². The molecule has 0 atom stereocenters. The third-order valence-electron chi connectivity index (χ3n) is 2.45. The molecule has 0 heterocycles. The fourth-order valence-electron chi connectivity index (χ4n) is 1.52. The lowest BCUT2D eigenvalue weighted by molar-refractivity contribution is 0.261. The number of hydrogen-bond acceptors (Lipinski definition) is 2. The molecule has 0 aliphatic rings. The van der Waals surface area contributed by atoms with Crippen molar-refractivity contribution in [3.05, 3.63) is 0 Å². The highest BCUT2D eigenvalue weighted by Crippen LogP contribution is 2.06. The van der Waals surface area contributed by atoms with Crippen molar-refractivity contribution in [1.82, 2.24) is 5.01 Å². The van der Waals surface area contributed by atoms with Gasteiger partial charge in [-0.05, 0) is 37.5 Å². The molecule has 0 aliphatic heterocycles. The number of nitrogens with two attached hydrogens (primary N) is 1. The molecule has 0 aromatic heterocycles. The van der Waals surface area contributed by atoms with E-state index in [-0.39, 0.29) is 0 Å². The molecule has 0 spiro atoms. The average molecular weight is 200 g/mol. The van der Waals surface area contributed by atoms with E-state index in [0.29, 0.717) is 0 Å². The lowest BCUT2D eigenvalue weighted by Crippen LogP contribution is -2.33. The standard InChI is InChI=1S/C12H28N2/c1-11(2)7-5-9-14(13)10-6-8-12(3)4/h11-12H,5-10,13H2,1-4H3. The zero-order valence-electron chi connectivity index (χ0n) is 10.4. The van der Waals surface area contributed by atoms with Gasteiger partial charge in [0, 0.05) is 13.1 Å². The zero-order chi connectivity index (χ0) is 11.0. The summed E-state index contributed by atoms with van der Waals surface area (Å²) in [5.41, 5.74) is 0. The summed E-state index contributed by atoms with van der Waals surface area (Å²) >= 11 is 0. The summed E-state index contributed by atoms with van der Waals surface area (Å²) in [5.74, 6) is 7.49.